The first-order chi connectivity index (χ1) is 9.86. The fourth-order valence-electron chi connectivity index (χ4n) is 2.58. The number of rotatable bonds is 8. The summed E-state index contributed by atoms with van der Waals surface area (Å²) in [5, 5.41) is 4.83. The van der Waals surface area contributed by atoms with Crippen LogP contribution in [0, 0.1) is 0 Å². The Bertz CT molecular complexity index is 522. The summed E-state index contributed by atoms with van der Waals surface area (Å²) >= 11 is 0. The van der Waals surface area contributed by atoms with Crippen LogP contribution >= 0.6 is 0 Å². The van der Waals surface area contributed by atoms with E-state index in [0.29, 0.717) is 6.04 Å². The van der Waals surface area contributed by atoms with E-state index < -0.39 is 0 Å². The number of hydrogen-bond donors (Lipinski definition) is 1. The molecule has 2 aromatic rings. The van der Waals surface area contributed by atoms with Crippen LogP contribution in [0.5, 0.6) is 0 Å². The van der Waals surface area contributed by atoms with Crippen molar-refractivity contribution >= 4 is 10.9 Å². The molecule has 0 bridgehead atoms. The molecule has 0 saturated carbocycles. The maximum absolute atomic E-state index is 5.45. The second-order valence-electron chi connectivity index (χ2n) is 4.87. The zero-order valence-corrected chi connectivity index (χ0v) is 12.4. The molecular weight excluding hydrogens is 248 g/mol. The molecule has 0 saturated heterocycles. The number of hydrogen-bond acceptors (Lipinski definition) is 3. The standard InChI is InChI=1S/C17H24N2O/c1-3-18-16(11-7-13-20-4-2)14-8-5-10-17-15(14)9-6-12-19-17/h5-6,8-10,12,16,18H,3-4,7,11,13H2,1-2H3. The van der Waals surface area contributed by atoms with Gasteiger partial charge in [-0.05, 0) is 44.0 Å². The third-order valence-corrected chi connectivity index (χ3v) is 3.49. The molecule has 3 heteroatoms. The molecule has 1 N–H and O–H groups in total. The Morgan fingerprint density at radius 2 is 2.10 bits per heavy atom. The van der Waals surface area contributed by atoms with Gasteiger partial charge >= 0.3 is 0 Å². The van der Waals surface area contributed by atoms with E-state index in [9.17, 15) is 0 Å². The van der Waals surface area contributed by atoms with Crippen LogP contribution in [-0.2, 0) is 4.74 Å². The molecule has 1 aromatic carbocycles. The van der Waals surface area contributed by atoms with Gasteiger partial charge in [0.25, 0.3) is 0 Å². The fraction of sp³-hybridized carbons (Fsp3) is 0.471. The second-order valence-corrected chi connectivity index (χ2v) is 4.87. The van der Waals surface area contributed by atoms with E-state index in [1.165, 1.54) is 10.9 Å². The van der Waals surface area contributed by atoms with Crippen molar-refractivity contribution in [3.63, 3.8) is 0 Å². The number of aromatic nitrogens is 1. The van der Waals surface area contributed by atoms with Gasteiger partial charge in [-0.2, -0.15) is 0 Å². The first-order valence-corrected chi connectivity index (χ1v) is 7.51. The zero-order valence-electron chi connectivity index (χ0n) is 12.4. The van der Waals surface area contributed by atoms with Crippen molar-refractivity contribution in [2.45, 2.75) is 32.7 Å². The predicted molar refractivity (Wildman–Crippen MR) is 83.9 cm³/mol. The molecule has 20 heavy (non-hydrogen) atoms. The van der Waals surface area contributed by atoms with E-state index >= 15 is 0 Å². The lowest BCUT2D eigenvalue weighted by Crippen LogP contribution is -2.21. The Labute approximate surface area is 121 Å². The molecule has 1 atom stereocenters. The van der Waals surface area contributed by atoms with E-state index in [4.69, 9.17) is 4.74 Å². The van der Waals surface area contributed by atoms with Gasteiger partial charge in [0.15, 0.2) is 0 Å². The number of fused-ring (bicyclic) bond motifs is 1. The van der Waals surface area contributed by atoms with Gasteiger partial charge in [-0.1, -0.05) is 25.1 Å². The largest absolute Gasteiger partial charge is 0.382 e. The number of ether oxygens (including phenoxy) is 1. The minimum Gasteiger partial charge on any atom is -0.382 e. The number of nitrogens with zero attached hydrogens (tertiary/aromatic N) is 1. The molecule has 0 spiro atoms. The summed E-state index contributed by atoms with van der Waals surface area (Å²) in [6, 6.07) is 10.9. The lowest BCUT2D eigenvalue weighted by Gasteiger charge is -2.20. The van der Waals surface area contributed by atoms with Crippen LogP contribution in [-0.4, -0.2) is 24.7 Å². The fourth-order valence-corrected chi connectivity index (χ4v) is 2.58. The highest BCUT2D eigenvalue weighted by atomic mass is 16.5. The van der Waals surface area contributed by atoms with Crippen molar-refractivity contribution in [1.29, 1.82) is 0 Å². The Morgan fingerprint density at radius 1 is 1.20 bits per heavy atom. The van der Waals surface area contributed by atoms with Gasteiger partial charge in [-0.25, -0.2) is 0 Å². The van der Waals surface area contributed by atoms with Crippen molar-refractivity contribution in [3.05, 3.63) is 42.1 Å². The van der Waals surface area contributed by atoms with Crippen molar-refractivity contribution < 1.29 is 4.74 Å². The summed E-state index contributed by atoms with van der Waals surface area (Å²) in [5.74, 6) is 0. The molecular formula is C17H24N2O. The Morgan fingerprint density at radius 3 is 2.90 bits per heavy atom. The van der Waals surface area contributed by atoms with Gasteiger partial charge in [0, 0.05) is 30.8 Å². The molecule has 1 unspecified atom stereocenters. The summed E-state index contributed by atoms with van der Waals surface area (Å²) < 4.78 is 5.45. The monoisotopic (exact) mass is 272 g/mol. The van der Waals surface area contributed by atoms with Crippen molar-refractivity contribution in [2.24, 2.45) is 0 Å². The maximum atomic E-state index is 5.45. The number of benzene rings is 1. The molecule has 1 aromatic heterocycles. The lowest BCUT2D eigenvalue weighted by molar-refractivity contribution is 0.141. The number of nitrogens with one attached hydrogen (secondary N) is 1. The van der Waals surface area contributed by atoms with E-state index in [1.807, 2.05) is 19.2 Å². The molecule has 3 nitrogen and oxygen atoms in total. The highest BCUT2D eigenvalue weighted by Gasteiger charge is 2.13. The highest BCUT2D eigenvalue weighted by molar-refractivity contribution is 5.82. The molecule has 0 fully saturated rings. The highest BCUT2D eigenvalue weighted by Crippen LogP contribution is 2.26. The van der Waals surface area contributed by atoms with Gasteiger partial charge in [0.2, 0.25) is 0 Å². The molecule has 0 aliphatic rings. The van der Waals surface area contributed by atoms with E-state index in [0.717, 1.165) is 38.1 Å². The summed E-state index contributed by atoms with van der Waals surface area (Å²) in [6.07, 6.45) is 4.01. The van der Waals surface area contributed by atoms with E-state index in [1.54, 1.807) is 0 Å². The van der Waals surface area contributed by atoms with Crippen LogP contribution in [0.25, 0.3) is 10.9 Å². The van der Waals surface area contributed by atoms with Gasteiger partial charge in [0.05, 0.1) is 5.52 Å². The second kappa shape index (κ2) is 7.98. The van der Waals surface area contributed by atoms with Crippen LogP contribution < -0.4 is 5.32 Å². The topological polar surface area (TPSA) is 34.1 Å². The molecule has 0 aliphatic carbocycles. The summed E-state index contributed by atoms with van der Waals surface area (Å²) in [7, 11) is 0. The Hall–Kier alpha value is -1.45. The van der Waals surface area contributed by atoms with Crippen LogP contribution in [0.3, 0.4) is 0 Å². The summed E-state index contributed by atoms with van der Waals surface area (Å²) in [6.45, 7) is 6.79. The third kappa shape index (κ3) is 3.78. The normalized spacial score (nSPS) is 12.7. The van der Waals surface area contributed by atoms with Crippen LogP contribution in [0.4, 0.5) is 0 Å². The summed E-state index contributed by atoms with van der Waals surface area (Å²) in [4.78, 5) is 4.44. The molecule has 2 rings (SSSR count). The molecule has 0 amide bonds. The molecule has 108 valence electrons. The van der Waals surface area contributed by atoms with E-state index in [-0.39, 0.29) is 0 Å². The van der Waals surface area contributed by atoms with Gasteiger partial charge < -0.3 is 10.1 Å². The lowest BCUT2D eigenvalue weighted by atomic mass is 9.97. The van der Waals surface area contributed by atoms with Crippen LogP contribution in [0.2, 0.25) is 0 Å². The van der Waals surface area contributed by atoms with Crippen molar-refractivity contribution in [2.75, 3.05) is 19.8 Å². The minimum absolute atomic E-state index is 0.369. The molecule has 1 heterocycles. The van der Waals surface area contributed by atoms with Crippen LogP contribution in [0.15, 0.2) is 36.5 Å². The molecule has 0 aliphatic heterocycles. The predicted octanol–water partition coefficient (Wildman–Crippen LogP) is 3.70. The molecule has 0 radical (unpaired) electrons. The van der Waals surface area contributed by atoms with E-state index in [2.05, 4.69) is 41.5 Å². The number of pyridine rings is 1. The van der Waals surface area contributed by atoms with Crippen molar-refractivity contribution in [3.8, 4) is 0 Å². The van der Waals surface area contributed by atoms with Crippen LogP contribution in [0.1, 0.15) is 38.3 Å². The average molecular weight is 272 g/mol. The zero-order chi connectivity index (χ0) is 14.2. The van der Waals surface area contributed by atoms with Gasteiger partial charge in [0.1, 0.15) is 0 Å². The first kappa shape index (κ1) is 14.9. The smallest absolute Gasteiger partial charge is 0.0705 e. The third-order valence-electron chi connectivity index (χ3n) is 3.49. The SMILES string of the molecule is CCNC(CCCOCC)c1cccc2ncccc12. The Kier molecular flexibility index (Phi) is 5.96. The average Bonchev–Trinajstić information content (AvgIpc) is 2.50. The quantitative estimate of drug-likeness (QED) is 0.744. The summed E-state index contributed by atoms with van der Waals surface area (Å²) in [5.41, 5.74) is 2.41. The Balaban J connectivity index is 2.18. The van der Waals surface area contributed by atoms with Crippen molar-refractivity contribution in [1.82, 2.24) is 10.3 Å². The van der Waals surface area contributed by atoms with Gasteiger partial charge in [-0.15, -0.1) is 0 Å². The minimum atomic E-state index is 0.369. The maximum Gasteiger partial charge on any atom is 0.0705 e. The first-order valence-electron chi connectivity index (χ1n) is 7.51. The van der Waals surface area contributed by atoms with Gasteiger partial charge in [-0.3, -0.25) is 4.98 Å².